The molecule has 0 radical (unpaired) electrons. The Morgan fingerprint density at radius 2 is 2.22 bits per heavy atom. The molecule has 1 fully saturated rings. The fourth-order valence-electron chi connectivity index (χ4n) is 3.55. The third kappa shape index (κ3) is 5.40. The average molecular weight is 370 g/mol. The van der Waals surface area contributed by atoms with E-state index in [2.05, 4.69) is 29.5 Å². The van der Waals surface area contributed by atoms with E-state index in [0.29, 0.717) is 25.0 Å². The number of nitrogens with one attached hydrogen (secondary N) is 2. The second-order valence-electron chi connectivity index (χ2n) is 7.81. The largest absolute Gasteiger partial charge is 0.490 e. The zero-order valence-corrected chi connectivity index (χ0v) is 16.2. The number of aromatic nitrogens is 1. The maximum atomic E-state index is 12.6. The summed E-state index contributed by atoms with van der Waals surface area (Å²) in [6.07, 6.45) is 3.40. The lowest BCUT2D eigenvalue weighted by molar-refractivity contribution is -0.123. The van der Waals surface area contributed by atoms with E-state index in [1.54, 1.807) is 6.20 Å². The highest BCUT2D eigenvalue weighted by atomic mass is 16.5. The van der Waals surface area contributed by atoms with Gasteiger partial charge in [-0.1, -0.05) is 32.0 Å². The molecule has 3 unspecified atom stereocenters. The van der Waals surface area contributed by atoms with Gasteiger partial charge in [-0.2, -0.15) is 0 Å². The number of pyridine rings is 1. The van der Waals surface area contributed by atoms with Gasteiger partial charge in [-0.3, -0.25) is 9.78 Å². The van der Waals surface area contributed by atoms with Crippen molar-refractivity contribution in [3.8, 4) is 5.75 Å². The van der Waals surface area contributed by atoms with Crippen LogP contribution in [0.2, 0.25) is 0 Å². The third-order valence-electron chi connectivity index (χ3n) is 4.99. The smallest absolute Gasteiger partial charge is 0.237 e. The summed E-state index contributed by atoms with van der Waals surface area (Å²) in [4.78, 5) is 17.0. The third-order valence-corrected chi connectivity index (χ3v) is 4.99. The van der Waals surface area contributed by atoms with Crippen molar-refractivity contribution in [2.24, 2.45) is 17.6 Å². The van der Waals surface area contributed by atoms with Gasteiger partial charge < -0.3 is 21.1 Å². The first-order valence-corrected chi connectivity index (χ1v) is 9.76. The van der Waals surface area contributed by atoms with Crippen molar-refractivity contribution in [1.82, 2.24) is 15.6 Å². The minimum Gasteiger partial charge on any atom is -0.490 e. The Balaban J connectivity index is 1.59. The molecule has 0 saturated carbocycles. The van der Waals surface area contributed by atoms with Gasteiger partial charge in [0.15, 0.2) is 0 Å². The topological polar surface area (TPSA) is 89.3 Å². The standard InChI is InChI=1S/C21H30N4O2/c1-14(2)7-17(25-21(26)20-8-15(10-22)11-23-20)13-27-18-9-16-5-3-4-6-19(16)24-12-18/h3-6,9,12,14-15,17,20,23H,7-8,10-11,13,22H2,1-2H3,(H,25,26). The highest BCUT2D eigenvalue weighted by Crippen LogP contribution is 2.19. The van der Waals surface area contributed by atoms with E-state index in [-0.39, 0.29) is 18.0 Å². The molecule has 2 aromatic rings. The second-order valence-corrected chi connectivity index (χ2v) is 7.81. The minimum absolute atomic E-state index is 0.0387. The zero-order chi connectivity index (χ0) is 19.2. The summed E-state index contributed by atoms with van der Waals surface area (Å²) >= 11 is 0. The predicted molar refractivity (Wildman–Crippen MR) is 108 cm³/mol. The molecule has 1 amide bonds. The van der Waals surface area contributed by atoms with Crippen molar-refractivity contribution in [3.63, 3.8) is 0 Å². The molecule has 1 aliphatic rings. The molecule has 6 nitrogen and oxygen atoms in total. The van der Waals surface area contributed by atoms with Crippen molar-refractivity contribution < 1.29 is 9.53 Å². The maximum Gasteiger partial charge on any atom is 0.237 e. The highest BCUT2D eigenvalue weighted by molar-refractivity contribution is 5.82. The first kappa shape index (κ1) is 19.6. The Kier molecular flexibility index (Phi) is 6.63. The van der Waals surface area contributed by atoms with Crippen molar-refractivity contribution in [2.75, 3.05) is 19.7 Å². The van der Waals surface area contributed by atoms with Gasteiger partial charge in [0.05, 0.1) is 23.8 Å². The molecule has 1 aliphatic heterocycles. The lowest BCUT2D eigenvalue weighted by atomic mass is 10.0. The zero-order valence-electron chi connectivity index (χ0n) is 16.2. The summed E-state index contributed by atoms with van der Waals surface area (Å²) in [5.74, 6) is 1.60. The van der Waals surface area contributed by atoms with Gasteiger partial charge in [0, 0.05) is 5.39 Å². The van der Waals surface area contributed by atoms with Crippen molar-refractivity contribution >= 4 is 16.8 Å². The normalized spacial score (nSPS) is 20.7. The number of nitrogens with zero attached hydrogens (tertiary/aromatic N) is 1. The number of ether oxygens (including phenoxy) is 1. The summed E-state index contributed by atoms with van der Waals surface area (Å²) < 4.78 is 5.97. The molecular formula is C21H30N4O2. The molecule has 0 bridgehead atoms. The summed E-state index contributed by atoms with van der Waals surface area (Å²) in [5, 5.41) is 7.47. The van der Waals surface area contributed by atoms with Crippen LogP contribution in [-0.4, -0.2) is 42.7 Å². The van der Waals surface area contributed by atoms with Gasteiger partial charge in [-0.05, 0) is 49.9 Å². The Hall–Kier alpha value is -2.18. The number of nitrogens with two attached hydrogens (primary N) is 1. The Labute approximate surface area is 160 Å². The highest BCUT2D eigenvalue weighted by Gasteiger charge is 2.29. The summed E-state index contributed by atoms with van der Waals surface area (Å²) in [7, 11) is 0. The van der Waals surface area contributed by atoms with Crippen LogP contribution in [0.4, 0.5) is 0 Å². The number of carbonyl (C=O) groups excluding carboxylic acids is 1. The summed E-state index contributed by atoms with van der Waals surface area (Å²) in [5.41, 5.74) is 6.66. The van der Waals surface area contributed by atoms with Crippen molar-refractivity contribution in [3.05, 3.63) is 36.5 Å². The molecule has 1 aromatic heterocycles. The van der Waals surface area contributed by atoms with E-state index < -0.39 is 0 Å². The summed E-state index contributed by atoms with van der Waals surface area (Å²) in [6, 6.07) is 9.74. The molecule has 0 aliphatic carbocycles. The first-order valence-electron chi connectivity index (χ1n) is 9.76. The molecule has 2 heterocycles. The number of para-hydroxylation sites is 1. The van der Waals surface area contributed by atoms with Crippen LogP contribution >= 0.6 is 0 Å². The van der Waals surface area contributed by atoms with Crippen molar-refractivity contribution in [2.45, 2.75) is 38.8 Å². The van der Waals surface area contributed by atoms with Gasteiger partial charge in [0.2, 0.25) is 5.91 Å². The molecule has 3 rings (SSSR count). The lowest BCUT2D eigenvalue weighted by Crippen LogP contribution is -2.47. The number of rotatable bonds is 8. The first-order chi connectivity index (χ1) is 13.0. The van der Waals surface area contributed by atoms with E-state index in [1.165, 1.54) is 0 Å². The predicted octanol–water partition coefficient (Wildman–Crippen LogP) is 2.08. The molecular weight excluding hydrogens is 340 g/mol. The summed E-state index contributed by atoms with van der Waals surface area (Å²) in [6.45, 7) is 6.15. The molecule has 1 aromatic carbocycles. The quantitative estimate of drug-likeness (QED) is 0.662. The van der Waals surface area contributed by atoms with Gasteiger partial charge >= 0.3 is 0 Å². The Morgan fingerprint density at radius 3 is 2.96 bits per heavy atom. The molecule has 146 valence electrons. The lowest BCUT2D eigenvalue weighted by Gasteiger charge is -2.23. The van der Waals surface area contributed by atoms with Crippen LogP contribution in [-0.2, 0) is 4.79 Å². The Bertz CT molecular complexity index is 765. The molecule has 3 atom stereocenters. The average Bonchev–Trinajstić information content (AvgIpc) is 3.15. The molecule has 6 heteroatoms. The number of hydrogen-bond donors (Lipinski definition) is 3. The number of fused-ring (bicyclic) bond motifs is 1. The van der Waals surface area contributed by atoms with Crippen LogP contribution in [0.3, 0.4) is 0 Å². The van der Waals surface area contributed by atoms with E-state index in [1.807, 2.05) is 30.3 Å². The number of hydrogen-bond acceptors (Lipinski definition) is 5. The van der Waals surface area contributed by atoms with Crippen LogP contribution in [0.25, 0.3) is 10.9 Å². The number of carbonyl (C=O) groups is 1. The van der Waals surface area contributed by atoms with E-state index in [4.69, 9.17) is 10.5 Å². The maximum absolute atomic E-state index is 12.6. The number of benzene rings is 1. The monoisotopic (exact) mass is 370 g/mol. The molecule has 0 spiro atoms. The van der Waals surface area contributed by atoms with Crippen LogP contribution in [0.1, 0.15) is 26.7 Å². The molecule has 1 saturated heterocycles. The van der Waals surface area contributed by atoms with Crippen LogP contribution in [0.15, 0.2) is 36.5 Å². The van der Waals surface area contributed by atoms with Crippen LogP contribution in [0, 0.1) is 11.8 Å². The van der Waals surface area contributed by atoms with Crippen LogP contribution in [0.5, 0.6) is 5.75 Å². The van der Waals surface area contributed by atoms with Gasteiger partial charge in [-0.25, -0.2) is 0 Å². The fourth-order valence-corrected chi connectivity index (χ4v) is 3.55. The SMILES string of the molecule is CC(C)CC(COc1cnc2ccccc2c1)NC(=O)C1CC(CN)CN1. The van der Waals surface area contributed by atoms with E-state index in [9.17, 15) is 4.79 Å². The molecule has 4 N–H and O–H groups in total. The minimum atomic E-state index is -0.157. The Morgan fingerprint density at radius 1 is 1.41 bits per heavy atom. The van der Waals surface area contributed by atoms with Gasteiger partial charge in [-0.15, -0.1) is 0 Å². The van der Waals surface area contributed by atoms with Crippen molar-refractivity contribution in [1.29, 1.82) is 0 Å². The van der Waals surface area contributed by atoms with E-state index >= 15 is 0 Å². The number of amides is 1. The van der Waals surface area contributed by atoms with E-state index in [0.717, 1.165) is 36.0 Å². The van der Waals surface area contributed by atoms with Gasteiger partial charge in [0.1, 0.15) is 12.4 Å². The van der Waals surface area contributed by atoms with Crippen LogP contribution < -0.4 is 21.1 Å². The second kappa shape index (κ2) is 9.15. The fraction of sp³-hybridized carbons (Fsp3) is 0.524. The molecule has 27 heavy (non-hydrogen) atoms. The van der Waals surface area contributed by atoms with Gasteiger partial charge in [0.25, 0.3) is 0 Å².